The molecule has 0 unspecified atom stereocenters. The molecular weight excluding hydrogens is 286 g/mol. The van der Waals surface area contributed by atoms with Gasteiger partial charge in [-0.15, -0.1) is 11.8 Å². The maximum atomic E-state index is 12.4. The van der Waals surface area contributed by atoms with Gasteiger partial charge >= 0.3 is 0 Å². The Hall–Kier alpha value is -2.08. The number of fused-ring (bicyclic) bond motifs is 1. The lowest BCUT2D eigenvalue weighted by molar-refractivity contribution is -0.118. The standard InChI is InChI=1S/C15H15N3O2S/c1-17-15(20)14-12(9-16-17)18(13(19)7-8-21-14)10-11-5-3-2-4-6-11/h2-6,9H,7-8,10H2,1H3. The maximum absolute atomic E-state index is 12.4. The van der Waals surface area contributed by atoms with Gasteiger partial charge in [0.15, 0.2) is 0 Å². The van der Waals surface area contributed by atoms with Crippen LogP contribution in [0.4, 0.5) is 5.69 Å². The first-order valence-corrected chi connectivity index (χ1v) is 7.69. The molecule has 2 aromatic rings. The van der Waals surface area contributed by atoms with E-state index in [1.807, 2.05) is 30.3 Å². The molecule has 1 amide bonds. The molecule has 2 heterocycles. The maximum Gasteiger partial charge on any atom is 0.282 e. The smallest absolute Gasteiger partial charge is 0.282 e. The number of aryl methyl sites for hydroxylation is 1. The molecule has 3 rings (SSSR count). The van der Waals surface area contributed by atoms with Crippen LogP contribution in [0.5, 0.6) is 0 Å². The lowest BCUT2D eigenvalue weighted by atomic mass is 10.2. The van der Waals surface area contributed by atoms with E-state index in [9.17, 15) is 9.59 Å². The number of hydrogen-bond acceptors (Lipinski definition) is 4. The van der Waals surface area contributed by atoms with Crippen LogP contribution in [0.2, 0.25) is 0 Å². The normalized spacial score (nSPS) is 14.7. The molecule has 5 nitrogen and oxygen atoms in total. The summed E-state index contributed by atoms with van der Waals surface area (Å²) in [6, 6.07) is 9.76. The van der Waals surface area contributed by atoms with Crippen molar-refractivity contribution in [1.82, 2.24) is 9.78 Å². The fraction of sp³-hybridized carbons (Fsp3) is 0.267. The molecule has 0 spiro atoms. The molecule has 0 radical (unpaired) electrons. The minimum atomic E-state index is -0.148. The highest BCUT2D eigenvalue weighted by Gasteiger charge is 2.25. The first-order valence-electron chi connectivity index (χ1n) is 6.70. The number of rotatable bonds is 2. The lowest BCUT2D eigenvalue weighted by Gasteiger charge is -2.22. The molecular formula is C15H15N3O2S. The van der Waals surface area contributed by atoms with Crippen LogP contribution >= 0.6 is 11.8 Å². The van der Waals surface area contributed by atoms with Gasteiger partial charge in [-0.1, -0.05) is 30.3 Å². The van der Waals surface area contributed by atoms with Crippen molar-refractivity contribution in [3.05, 3.63) is 52.4 Å². The van der Waals surface area contributed by atoms with Gasteiger partial charge in [0.25, 0.3) is 5.56 Å². The fourth-order valence-electron chi connectivity index (χ4n) is 2.29. The zero-order valence-electron chi connectivity index (χ0n) is 11.7. The van der Waals surface area contributed by atoms with Crippen LogP contribution < -0.4 is 10.5 Å². The van der Waals surface area contributed by atoms with Crippen LogP contribution in [-0.2, 0) is 18.4 Å². The Bertz CT molecular complexity index is 727. The van der Waals surface area contributed by atoms with Crippen LogP contribution in [0.3, 0.4) is 0 Å². The van der Waals surface area contributed by atoms with Crippen LogP contribution in [0.25, 0.3) is 0 Å². The van der Waals surface area contributed by atoms with E-state index in [-0.39, 0.29) is 11.5 Å². The average Bonchev–Trinajstić information content (AvgIpc) is 2.65. The van der Waals surface area contributed by atoms with Crippen molar-refractivity contribution in [1.29, 1.82) is 0 Å². The van der Waals surface area contributed by atoms with Gasteiger partial charge in [0, 0.05) is 19.2 Å². The van der Waals surface area contributed by atoms with Crippen LogP contribution in [0.1, 0.15) is 12.0 Å². The summed E-state index contributed by atoms with van der Waals surface area (Å²) in [5.41, 5.74) is 1.50. The van der Waals surface area contributed by atoms with Gasteiger partial charge in [0.05, 0.1) is 23.3 Å². The molecule has 0 fully saturated rings. The van der Waals surface area contributed by atoms with E-state index >= 15 is 0 Å². The number of amides is 1. The van der Waals surface area contributed by atoms with Crippen LogP contribution in [-0.4, -0.2) is 21.4 Å². The second-order valence-corrected chi connectivity index (χ2v) is 5.96. The number of anilines is 1. The monoisotopic (exact) mass is 301 g/mol. The van der Waals surface area contributed by atoms with Crippen molar-refractivity contribution in [3.8, 4) is 0 Å². The summed E-state index contributed by atoms with van der Waals surface area (Å²) in [4.78, 5) is 26.8. The predicted molar refractivity (Wildman–Crippen MR) is 82.5 cm³/mol. The Morgan fingerprint density at radius 2 is 2.00 bits per heavy atom. The minimum absolute atomic E-state index is 0.0279. The number of carbonyl (C=O) groups excluding carboxylic acids is 1. The lowest BCUT2D eigenvalue weighted by Crippen LogP contribution is -2.32. The van der Waals surface area contributed by atoms with Gasteiger partial charge < -0.3 is 4.90 Å². The predicted octanol–water partition coefficient (Wildman–Crippen LogP) is 1.81. The number of benzene rings is 1. The van der Waals surface area contributed by atoms with Gasteiger partial charge in [-0.25, -0.2) is 4.68 Å². The molecule has 0 saturated heterocycles. The van der Waals surface area contributed by atoms with Gasteiger partial charge in [-0.2, -0.15) is 5.10 Å². The number of thioether (sulfide) groups is 1. The van der Waals surface area contributed by atoms with E-state index in [0.717, 1.165) is 5.56 Å². The Morgan fingerprint density at radius 1 is 1.24 bits per heavy atom. The van der Waals surface area contributed by atoms with Crippen molar-refractivity contribution in [3.63, 3.8) is 0 Å². The Labute approximate surface area is 126 Å². The Morgan fingerprint density at radius 3 is 2.76 bits per heavy atom. The molecule has 1 aromatic carbocycles. The molecule has 6 heteroatoms. The summed E-state index contributed by atoms with van der Waals surface area (Å²) < 4.78 is 1.31. The number of hydrogen-bond donors (Lipinski definition) is 0. The third kappa shape index (κ3) is 2.71. The van der Waals surface area contributed by atoms with E-state index in [1.54, 1.807) is 18.1 Å². The number of aromatic nitrogens is 2. The van der Waals surface area contributed by atoms with E-state index in [2.05, 4.69) is 5.10 Å². The molecule has 1 aliphatic heterocycles. The quantitative estimate of drug-likeness (QED) is 0.849. The topological polar surface area (TPSA) is 55.2 Å². The Balaban J connectivity index is 2.05. The highest BCUT2D eigenvalue weighted by Crippen LogP contribution is 2.31. The molecule has 0 N–H and O–H groups in total. The van der Waals surface area contributed by atoms with E-state index in [0.29, 0.717) is 29.3 Å². The molecule has 108 valence electrons. The number of carbonyl (C=O) groups is 1. The summed E-state index contributed by atoms with van der Waals surface area (Å²) in [7, 11) is 1.62. The molecule has 0 aliphatic carbocycles. The summed E-state index contributed by atoms with van der Waals surface area (Å²) in [5.74, 6) is 0.649. The highest BCUT2D eigenvalue weighted by molar-refractivity contribution is 7.99. The highest BCUT2D eigenvalue weighted by atomic mass is 32.2. The van der Waals surface area contributed by atoms with E-state index < -0.39 is 0 Å². The van der Waals surface area contributed by atoms with Crippen molar-refractivity contribution in [2.45, 2.75) is 17.9 Å². The molecule has 21 heavy (non-hydrogen) atoms. The van der Waals surface area contributed by atoms with Gasteiger partial charge in [-0.05, 0) is 5.56 Å². The summed E-state index contributed by atoms with van der Waals surface area (Å²) in [6.45, 7) is 0.460. The molecule has 0 atom stereocenters. The SMILES string of the molecule is Cn1ncc2c(c1=O)SCCC(=O)N2Cc1ccccc1. The van der Waals surface area contributed by atoms with Gasteiger partial charge in [-0.3, -0.25) is 9.59 Å². The summed E-state index contributed by atoms with van der Waals surface area (Å²) in [6.07, 6.45) is 2.03. The first kappa shape index (κ1) is 13.9. The third-order valence-electron chi connectivity index (χ3n) is 3.41. The van der Waals surface area contributed by atoms with Crippen LogP contribution in [0.15, 0.2) is 46.2 Å². The van der Waals surface area contributed by atoms with E-state index in [1.165, 1.54) is 16.4 Å². The second kappa shape index (κ2) is 5.73. The fourth-order valence-corrected chi connectivity index (χ4v) is 3.33. The van der Waals surface area contributed by atoms with Crippen LogP contribution in [0, 0.1) is 0 Å². The van der Waals surface area contributed by atoms with E-state index in [4.69, 9.17) is 0 Å². The minimum Gasteiger partial charge on any atom is -0.305 e. The average molecular weight is 301 g/mol. The molecule has 0 saturated carbocycles. The zero-order chi connectivity index (χ0) is 14.8. The summed E-state index contributed by atoms with van der Waals surface area (Å²) >= 11 is 1.43. The Kier molecular flexibility index (Phi) is 3.79. The van der Waals surface area contributed by atoms with Gasteiger partial charge in [0.1, 0.15) is 0 Å². The van der Waals surface area contributed by atoms with Crippen molar-refractivity contribution in [2.75, 3.05) is 10.7 Å². The third-order valence-corrected chi connectivity index (χ3v) is 4.49. The first-order chi connectivity index (χ1) is 10.2. The van der Waals surface area contributed by atoms with Gasteiger partial charge in [0.2, 0.25) is 5.91 Å². The molecule has 1 aliphatic rings. The zero-order valence-corrected chi connectivity index (χ0v) is 12.5. The van der Waals surface area contributed by atoms with Crippen molar-refractivity contribution in [2.24, 2.45) is 7.05 Å². The number of nitrogens with zero attached hydrogens (tertiary/aromatic N) is 3. The molecule has 1 aromatic heterocycles. The molecule has 0 bridgehead atoms. The van der Waals surface area contributed by atoms with Crippen molar-refractivity contribution >= 4 is 23.4 Å². The summed E-state index contributed by atoms with van der Waals surface area (Å²) in [5, 5.41) is 4.06. The second-order valence-electron chi connectivity index (χ2n) is 4.85. The van der Waals surface area contributed by atoms with Crippen molar-refractivity contribution < 1.29 is 4.79 Å². The largest absolute Gasteiger partial charge is 0.305 e.